The highest BCUT2D eigenvalue weighted by Gasteiger charge is 2.27. The van der Waals surface area contributed by atoms with Crippen LogP contribution >= 0.6 is 7.82 Å². The highest BCUT2D eigenvalue weighted by atomic mass is 31.2. The molecule has 0 rings (SSSR count). The van der Waals surface area contributed by atoms with Crippen LogP contribution in [0.5, 0.6) is 0 Å². The third-order valence-corrected chi connectivity index (χ3v) is 12.5. The highest BCUT2D eigenvalue weighted by molar-refractivity contribution is 7.45. The Hall–Kier alpha value is -3.07. The van der Waals surface area contributed by atoms with Gasteiger partial charge >= 0.3 is 5.97 Å². The number of phosphoric acid groups is 1. The van der Waals surface area contributed by atoms with Crippen molar-refractivity contribution in [3.8, 4) is 0 Å². The van der Waals surface area contributed by atoms with E-state index in [4.69, 9.17) is 13.8 Å². The Morgan fingerprint density at radius 2 is 0.942 bits per heavy atom. The zero-order valence-corrected chi connectivity index (χ0v) is 45.9. The average Bonchev–Trinajstić information content (AvgIpc) is 3.31. The molecule has 69 heavy (non-hydrogen) atoms. The van der Waals surface area contributed by atoms with E-state index in [1.54, 1.807) is 6.08 Å². The first kappa shape index (κ1) is 65.9. The third kappa shape index (κ3) is 49.7. The van der Waals surface area contributed by atoms with E-state index in [2.05, 4.69) is 99.0 Å². The number of likely N-dealkylation sites (N-methyl/N-ethyl adjacent to an activating group) is 1. The molecule has 10 heteroatoms. The summed E-state index contributed by atoms with van der Waals surface area (Å²) in [5.74, 6) is -0.654. The summed E-state index contributed by atoms with van der Waals surface area (Å²) >= 11 is 0. The number of carbonyl (C=O) groups is 2. The normalized spacial score (nSPS) is 14.6. The first-order chi connectivity index (χ1) is 33.4. The molecule has 0 aromatic heterocycles. The maximum atomic E-state index is 13.4. The Labute approximate surface area is 424 Å². The standard InChI is InChI=1S/C59H103N2O7P/c1-7-10-13-16-19-22-25-28-30-31-33-36-39-42-45-48-51-58(62)60-56(55-67-69(64,65)66-54-53-61(4,5)6)57(50-47-44-41-38-35-32-27-24-21-18-15-12-9-3)68-59(63)52-49-46-43-40-37-34-29-26-23-20-17-14-11-8-2/h10-11,13-14,19-20,22-23,28,30,33,36,42,45,47,50,56-57H,7-9,12,15-18,21,24-27,29,31-32,34-35,37-41,43-44,46,48-49,51-55H2,1-6H3,(H-,60,62,64,65)/b13-10+,14-11+,22-19+,23-20+,30-28+,36-33+,45-42+,50-47+. The van der Waals surface area contributed by atoms with Gasteiger partial charge < -0.3 is 28.5 Å². The van der Waals surface area contributed by atoms with Gasteiger partial charge in [0.1, 0.15) is 19.3 Å². The van der Waals surface area contributed by atoms with E-state index in [9.17, 15) is 19.0 Å². The van der Waals surface area contributed by atoms with Crippen molar-refractivity contribution in [1.82, 2.24) is 5.32 Å². The molecule has 396 valence electrons. The minimum absolute atomic E-state index is 0.0413. The topological polar surface area (TPSA) is 114 Å². The van der Waals surface area contributed by atoms with Crippen LogP contribution in [0.15, 0.2) is 97.2 Å². The van der Waals surface area contributed by atoms with Gasteiger partial charge in [-0.25, -0.2) is 0 Å². The van der Waals surface area contributed by atoms with Crippen molar-refractivity contribution in [2.75, 3.05) is 40.9 Å². The van der Waals surface area contributed by atoms with Gasteiger partial charge in [0, 0.05) is 12.8 Å². The molecule has 0 aromatic rings. The number of nitrogens with one attached hydrogen (secondary N) is 1. The number of nitrogens with zero attached hydrogens (tertiary/aromatic N) is 1. The zero-order valence-electron chi connectivity index (χ0n) is 45.0. The van der Waals surface area contributed by atoms with Gasteiger partial charge in [0.05, 0.1) is 33.8 Å². The number of quaternary nitrogens is 1. The molecule has 3 unspecified atom stereocenters. The van der Waals surface area contributed by atoms with E-state index in [0.29, 0.717) is 23.9 Å². The molecule has 0 fully saturated rings. The summed E-state index contributed by atoms with van der Waals surface area (Å²) < 4.78 is 30.1. The molecule has 0 saturated heterocycles. The van der Waals surface area contributed by atoms with Crippen molar-refractivity contribution in [3.63, 3.8) is 0 Å². The number of phosphoric ester groups is 1. The molecule has 1 amide bonds. The second kappa shape index (κ2) is 48.6. The number of esters is 1. The van der Waals surface area contributed by atoms with Crippen LogP contribution in [-0.2, 0) is 27.9 Å². The van der Waals surface area contributed by atoms with Gasteiger partial charge in [-0.15, -0.1) is 0 Å². The van der Waals surface area contributed by atoms with Crippen LogP contribution in [-0.4, -0.2) is 69.4 Å². The predicted molar refractivity (Wildman–Crippen MR) is 293 cm³/mol. The quantitative estimate of drug-likeness (QED) is 0.0212. The summed E-state index contributed by atoms with van der Waals surface area (Å²) in [6.45, 7) is 6.54. The summed E-state index contributed by atoms with van der Waals surface area (Å²) in [7, 11) is 1.12. The minimum Gasteiger partial charge on any atom is -0.756 e. The smallest absolute Gasteiger partial charge is 0.306 e. The number of amides is 1. The van der Waals surface area contributed by atoms with Crippen molar-refractivity contribution in [3.05, 3.63) is 97.2 Å². The monoisotopic (exact) mass is 983 g/mol. The lowest BCUT2D eigenvalue weighted by Gasteiger charge is -2.30. The zero-order chi connectivity index (χ0) is 50.8. The summed E-state index contributed by atoms with van der Waals surface area (Å²) in [5.41, 5.74) is 0. The van der Waals surface area contributed by atoms with Crippen molar-refractivity contribution in [1.29, 1.82) is 0 Å². The molecule has 0 bridgehead atoms. The number of hydrogen-bond donors (Lipinski definition) is 1. The molecule has 3 atom stereocenters. The Bertz CT molecular complexity index is 1510. The largest absolute Gasteiger partial charge is 0.756 e. The summed E-state index contributed by atoms with van der Waals surface area (Å²) in [4.78, 5) is 39.8. The van der Waals surface area contributed by atoms with E-state index in [0.717, 1.165) is 89.9 Å². The van der Waals surface area contributed by atoms with E-state index < -0.39 is 26.6 Å². The second-order valence-corrected chi connectivity index (χ2v) is 20.7. The third-order valence-electron chi connectivity index (χ3n) is 11.5. The van der Waals surface area contributed by atoms with Crippen LogP contribution in [0, 0.1) is 0 Å². The number of allylic oxidation sites excluding steroid dienone is 15. The molecule has 9 nitrogen and oxygen atoms in total. The van der Waals surface area contributed by atoms with Gasteiger partial charge in [0.15, 0.2) is 0 Å². The van der Waals surface area contributed by atoms with Crippen molar-refractivity contribution >= 4 is 19.7 Å². The van der Waals surface area contributed by atoms with E-state index >= 15 is 0 Å². The molecule has 0 saturated carbocycles. The fraction of sp³-hybridized carbons (Fsp3) is 0.695. The Morgan fingerprint density at radius 1 is 0.522 bits per heavy atom. The van der Waals surface area contributed by atoms with Gasteiger partial charge in [-0.05, 0) is 89.5 Å². The van der Waals surface area contributed by atoms with Gasteiger partial charge in [-0.1, -0.05) is 208 Å². The number of hydrogen-bond acceptors (Lipinski definition) is 7. The van der Waals surface area contributed by atoms with Crippen molar-refractivity contribution in [2.45, 2.75) is 226 Å². The molecule has 1 N–H and O–H groups in total. The second-order valence-electron chi connectivity index (χ2n) is 19.3. The Kier molecular flexibility index (Phi) is 46.4. The Morgan fingerprint density at radius 3 is 1.42 bits per heavy atom. The van der Waals surface area contributed by atoms with Crippen LogP contribution in [0.25, 0.3) is 0 Å². The number of carbonyl (C=O) groups excluding carboxylic acids is 2. The number of rotatable bonds is 48. The number of ether oxygens (including phenoxy) is 1. The maximum absolute atomic E-state index is 13.4. The van der Waals surface area contributed by atoms with E-state index in [-0.39, 0.29) is 31.3 Å². The van der Waals surface area contributed by atoms with Crippen LogP contribution in [0.3, 0.4) is 0 Å². The molecular formula is C59H103N2O7P. The summed E-state index contributed by atoms with van der Waals surface area (Å²) in [6.07, 6.45) is 63.9. The van der Waals surface area contributed by atoms with Crippen LogP contribution < -0.4 is 10.2 Å². The molecule has 0 aliphatic rings. The molecule has 0 spiro atoms. The molecule has 0 aromatic carbocycles. The lowest BCUT2D eigenvalue weighted by atomic mass is 10.0. The summed E-state index contributed by atoms with van der Waals surface area (Å²) in [5, 5.41) is 2.96. The van der Waals surface area contributed by atoms with Crippen molar-refractivity contribution in [2.24, 2.45) is 0 Å². The fourth-order valence-electron chi connectivity index (χ4n) is 7.31. The Balaban J connectivity index is 5.54. The lowest BCUT2D eigenvalue weighted by Crippen LogP contribution is -2.47. The lowest BCUT2D eigenvalue weighted by molar-refractivity contribution is -0.870. The van der Waals surface area contributed by atoms with Gasteiger partial charge in [0.2, 0.25) is 5.91 Å². The SMILES string of the molecule is CC/C=C/C/C=C/C/C=C/C/C=C/C/C=C/CCC(=O)NC(COP(=O)([O-])OCC[N+](C)(C)C)C(/C=C/CCCCCCCCCCCCC)OC(=O)CCCCCCCCC/C=C/C/C=C/CC. The summed E-state index contributed by atoms with van der Waals surface area (Å²) in [6, 6.07) is -0.935. The van der Waals surface area contributed by atoms with Crippen LogP contribution in [0.4, 0.5) is 0 Å². The van der Waals surface area contributed by atoms with Gasteiger partial charge in [0.25, 0.3) is 7.82 Å². The van der Waals surface area contributed by atoms with Crippen LogP contribution in [0.2, 0.25) is 0 Å². The molecule has 0 radical (unpaired) electrons. The first-order valence-electron chi connectivity index (χ1n) is 27.5. The predicted octanol–water partition coefficient (Wildman–Crippen LogP) is 15.8. The highest BCUT2D eigenvalue weighted by Crippen LogP contribution is 2.38. The van der Waals surface area contributed by atoms with Gasteiger partial charge in [-0.3, -0.25) is 14.2 Å². The van der Waals surface area contributed by atoms with Crippen molar-refractivity contribution < 1.29 is 37.3 Å². The maximum Gasteiger partial charge on any atom is 0.306 e. The molecule has 0 heterocycles. The van der Waals surface area contributed by atoms with E-state index in [1.807, 2.05) is 39.4 Å². The van der Waals surface area contributed by atoms with Gasteiger partial charge in [-0.2, -0.15) is 0 Å². The average molecular weight is 983 g/mol. The van der Waals surface area contributed by atoms with E-state index in [1.165, 1.54) is 77.0 Å². The molecule has 0 aliphatic heterocycles. The molecule has 0 aliphatic carbocycles. The van der Waals surface area contributed by atoms with Crippen LogP contribution in [0.1, 0.15) is 213 Å². The minimum atomic E-state index is -4.72. The molecular weight excluding hydrogens is 880 g/mol. The first-order valence-corrected chi connectivity index (χ1v) is 29.0. The number of unbranched alkanes of at least 4 members (excludes halogenated alkanes) is 18. The fourth-order valence-corrected chi connectivity index (χ4v) is 8.03.